The fraction of sp³-hybridized carbons (Fsp3) is 0.560. The molecular formula is C25H35Cl2N5O4. The molecule has 0 radical (unpaired) electrons. The summed E-state index contributed by atoms with van der Waals surface area (Å²) in [5.74, 6) is -0.509. The normalized spacial score (nSPS) is 21.1. The molecular weight excluding hydrogens is 505 g/mol. The number of piperazine rings is 1. The number of benzene rings is 1. The Morgan fingerprint density at radius 3 is 2.53 bits per heavy atom. The topological polar surface area (TPSA) is 94.2 Å². The fourth-order valence-corrected chi connectivity index (χ4v) is 5.16. The molecule has 198 valence electrons. The summed E-state index contributed by atoms with van der Waals surface area (Å²) >= 11 is 12.6. The second-order valence-electron chi connectivity index (χ2n) is 9.26. The molecule has 0 unspecified atom stereocenters. The van der Waals surface area contributed by atoms with E-state index in [-0.39, 0.29) is 30.8 Å². The van der Waals surface area contributed by atoms with Gasteiger partial charge in [-0.15, -0.1) is 0 Å². The number of nitrogens with one attached hydrogen (secondary N) is 2. The zero-order valence-electron chi connectivity index (χ0n) is 21.4. The van der Waals surface area contributed by atoms with Crippen molar-refractivity contribution in [1.29, 1.82) is 0 Å². The second kappa shape index (κ2) is 12.2. The molecule has 0 saturated carbocycles. The highest BCUT2D eigenvalue weighted by Gasteiger charge is 2.40. The van der Waals surface area contributed by atoms with Crippen LogP contribution in [-0.4, -0.2) is 84.1 Å². The molecule has 0 spiro atoms. The first-order chi connectivity index (χ1) is 17.1. The summed E-state index contributed by atoms with van der Waals surface area (Å²) in [4.78, 5) is 44.5. The van der Waals surface area contributed by atoms with Crippen molar-refractivity contribution >= 4 is 41.2 Å². The molecule has 1 aromatic carbocycles. The maximum absolute atomic E-state index is 13.3. The van der Waals surface area contributed by atoms with E-state index in [2.05, 4.69) is 15.5 Å². The van der Waals surface area contributed by atoms with E-state index >= 15 is 0 Å². The van der Waals surface area contributed by atoms with Gasteiger partial charge in [-0.25, -0.2) is 14.4 Å². The van der Waals surface area contributed by atoms with E-state index < -0.39 is 12.0 Å². The summed E-state index contributed by atoms with van der Waals surface area (Å²) in [7, 11) is 0. The number of carbonyl (C=O) groups is 3. The molecule has 2 aliphatic heterocycles. The maximum atomic E-state index is 13.3. The Labute approximate surface area is 222 Å². The van der Waals surface area contributed by atoms with Gasteiger partial charge in [-0.05, 0) is 52.3 Å². The molecule has 0 bridgehead atoms. The first kappa shape index (κ1) is 28.1. The minimum atomic E-state index is -0.783. The molecule has 0 aliphatic carbocycles. The van der Waals surface area contributed by atoms with Gasteiger partial charge in [0.1, 0.15) is 0 Å². The third-order valence-corrected chi connectivity index (χ3v) is 6.84. The molecule has 9 nitrogen and oxygen atoms in total. The van der Waals surface area contributed by atoms with E-state index in [0.717, 1.165) is 0 Å². The molecule has 36 heavy (non-hydrogen) atoms. The number of carbonyl (C=O) groups excluding carboxylic acids is 3. The van der Waals surface area contributed by atoms with Gasteiger partial charge < -0.3 is 20.3 Å². The van der Waals surface area contributed by atoms with Crippen molar-refractivity contribution in [1.82, 2.24) is 25.3 Å². The Bertz CT molecular complexity index is 1030. The van der Waals surface area contributed by atoms with Crippen LogP contribution in [0.4, 0.5) is 9.59 Å². The van der Waals surface area contributed by atoms with E-state index in [0.29, 0.717) is 59.6 Å². The minimum Gasteiger partial charge on any atom is -0.463 e. The van der Waals surface area contributed by atoms with Crippen LogP contribution in [0.3, 0.4) is 0 Å². The molecule has 1 aromatic rings. The third kappa shape index (κ3) is 6.25. The number of amides is 4. The van der Waals surface area contributed by atoms with Crippen molar-refractivity contribution in [3.63, 3.8) is 0 Å². The van der Waals surface area contributed by atoms with Crippen molar-refractivity contribution in [2.45, 2.75) is 52.7 Å². The zero-order valence-corrected chi connectivity index (χ0v) is 22.9. The lowest BCUT2D eigenvalue weighted by Gasteiger charge is -2.43. The lowest BCUT2D eigenvalue weighted by molar-refractivity contribution is -0.139. The number of likely N-dealkylation sites (N-methyl/N-ethyl adjacent to an activating group) is 1. The smallest absolute Gasteiger partial charge is 0.338 e. The first-order valence-electron chi connectivity index (χ1n) is 12.3. The average molecular weight is 540 g/mol. The largest absolute Gasteiger partial charge is 0.463 e. The number of ether oxygens (including phenoxy) is 1. The third-order valence-electron chi connectivity index (χ3n) is 6.28. The zero-order chi connectivity index (χ0) is 26.6. The lowest BCUT2D eigenvalue weighted by atomic mass is 9.94. The van der Waals surface area contributed by atoms with Crippen molar-refractivity contribution in [3.8, 4) is 0 Å². The maximum Gasteiger partial charge on any atom is 0.338 e. The summed E-state index contributed by atoms with van der Waals surface area (Å²) < 4.78 is 5.43. The Balaban J connectivity index is 1.97. The molecule has 2 atom stereocenters. The predicted molar refractivity (Wildman–Crippen MR) is 140 cm³/mol. The van der Waals surface area contributed by atoms with E-state index in [1.807, 2.05) is 32.6 Å². The van der Waals surface area contributed by atoms with Gasteiger partial charge in [0.25, 0.3) is 0 Å². The quantitative estimate of drug-likeness (QED) is 0.510. The molecule has 1 saturated heterocycles. The molecule has 2 aliphatic rings. The lowest BCUT2D eigenvalue weighted by Crippen LogP contribution is -2.58. The molecule has 0 aromatic heterocycles. The van der Waals surface area contributed by atoms with E-state index in [4.69, 9.17) is 27.9 Å². The van der Waals surface area contributed by atoms with Gasteiger partial charge in [0, 0.05) is 60.5 Å². The van der Waals surface area contributed by atoms with Gasteiger partial charge >= 0.3 is 18.0 Å². The Kier molecular flexibility index (Phi) is 9.49. The standard InChI is InChI=1S/C25H35Cl2N5O4/c1-6-31-20(14-30-10-11-32(16(5)13-30)24(34)28-15(3)4)21(23(33)36-7-2)22(29-25(31)35)18-9-8-17(26)12-19(18)27/h8-9,12,15-16,22H,6-7,10-11,13-14H2,1-5H3,(H,28,34)(H,29,35)/t16-,22-/m0/s1. The van der Waals surface area contributed by atoms with Crippen LogP contribution in [0, 0.1) is 0 Å². The Hall–Kier alpha value is -2.49. The fourth-order valence-electron chi connectivity index (χ4n) is 4.65. The molecule has 2 heterocycles. The van der Waals surface area contributed by atoms with Crippen molar-refractivity contribution in [2.24, 2.45) is 0 Å². The number of halogens is 2. The molecule has 2 N–H and O–H groups in total. The molecule has 11 heteroatoms. The predicted octanol–water partition coefficient (Wildman–Crippen LogP) is 4.02. The van der Waals surface area contributed by atoms with Crippen molar-refractivity contribution in [2.75, 3.05) is 39.3 Å². The summed E-state index contributed by atoms with van der Waals surface area (Å²) in [6.07, 6.45) is 0. The number of rotatable bonds is 7. The SMILES string of the molecule is CCOC(=O)C1=C(CN2CCN(C(=O)NC(C)C)[C@@H](C)C2)N(CC)C(=O)N[C@H]1c1ccc(Cl)cc1Cl. The number of nitrogens with zero attached hydrogens (tertiary/aromatic N) is 3. The summed E-state index contributed by atoms with van der Waals surface area (Å²) in [5, 5.41) is 6.67. The van der Waals surface area contributed by atoms with Crippen LogP contribution in [0.15, 0.2) is 29.5 Å². The van der Waals surface area contributed by atoms with Gasteiger partial charge in [0.05, 0.1) is 18.2 Å². The number of hydrogen-bond acceptors (Lipinski definition) is 5. The summed E-state index contributed by atoms with van der Waals surface area (Å²) in [6.45, 7) is 12.1. The number of esters is 1. The number of urea groups is 2. The highest BCUT2D eigenvalue weighted by atomic mass is 35.5. The average Bonchev–Trinajstić information content (AvgIpc) is 2.78. The van der Waals surface area contributed by atoms with Crippen LogP contribution >= 0.6 is 23.2 Å². The van der Waals surface area contributed by atoms with Crippen LogP contribution in [-0.2, 0) is 9.53 Å². The first-order valence-corrected chi connectivity index (χ1v) is 13.1. The van der Waals surface area contributed by atoms with Gasteiger partial charge in [-0.2, -0.15) is 0 Å². The molecule has 4 amide bonds. The highest BCUT2D eigenvalue weighted by Crippen LogP contribution is 2.36. The second-order valence-corrected chi connectivity index (χ2v) is 10.1. The van der Waals surface area contributed by atoms with Crippen LogP contribution in [0.2, 0.25) is 10.0 Å². The summed E-state index contributed by atoms with van der Waals surface area (Å²) in [5.41, 5.74) is 1.48. The highest BCUT2D eigenvalue weighted by molar-refractivity contribution is 6.35. The van der Waals surface area contributed by atoms with E-state index in [9.17, 15) is 14.4 Å². The van der Waals surface area contributed by atoms with Gasteiger partial charge in [0.15, 0.2) is 0 Å². The van der Waals surface area contributed by atoms with Crippen LogP contribution in [0.5, 0.6) is 0 Å². The van der Waals surface area contributed by atoms with Crippen LogP contribution < -0.4 is 10.6 Å². The van der Waals surface area contributed by atoms with Crippen molar-refractivity contribution in [3.05, 3.63) is 45.1 Å². The molecule has 1 fully saturated rings. The van der Waals surface area contributed by atoms with Crippen LogP contribution in [0.25, 0.3) is 0 Å². The minimum absolute atomic E-state index is 0.0434. The van der Waals surface area contributed by atoms with Gasteiger partial charge in [-0.1, -0.05) is 29.3 Å². The Morgan fingerprint density at radius 2 is 1.94 bits per heavy atom. The molecule has 3 rings (SSSR count). The van der Waals surface area contributed by atoms with Crippen LogP contribution in [0.1, 0.15) is 46.2 Å². The monoisotopic (exact) mass is 539 g/mol. The number of hydrogen-bond donors (Lipinski definition) is 2. The van der Waals surface area contributed by atoms with Gasteiger partial charge in [0.2, 0.25) is 0 Å². The van der Waals surface area contributed by atoms with E-state index in [1.165, 1.54) is 0 Å². The Morgan fingerprint density at radius 1 is 1.22 bits per heavy atom. The van der Waals surface area contributed by atoms with Crippen molar-refractivity contribution < 1.29 is 19.1 Å². The summed E-state index contributed by atoms with van der Waals surface area (Å²) in [6, 6.07) is 3.79. The van der Waals surface area contributed by atoms with E-state index in [1.54, 1.807) is 30.0 Å². The van der Waals surface area contributed by atoms with Gasteiger partial charge in [-0.3, -0.25) is 9.80 Å².